The van der Waals surface area contributed by atoms with Crippen molar-refractivity contribution >= 4 is 16.5 Å². The van der Waals surface area contributed by atoms with Gasteiger partial charge in [-0.1, -0.05) is 56.4 Å². The molecule has 0 bridgehead atoms. The van der Waals surface area contributed by atoms with Gasteiger partial charge in [-0.25, -0.2) is 0 Å². The van der Waals surface area contributed by atoms with Crippen LogP contribution in [0.3, 0.4) is 0 Å². The molecule has 0 fully saturated rings. The molecule has 0 aliphatic heterocycles. The Morgan fingerprint density at radius 1 is 1.05 bits per heavy atom. The van der Waals surface area contributed by atoms with Crippen molar-refractivity contribution in [3.8, 4) is 10.6 Å². The molecule has 2 rings (SSSR count). The van der Waals surface area contributed by atoms with E-state index in [9.17, 15) is 0 Å². The molecular formula is C15H21N3S. The zero-order valence-corrected chi connectivity index (χ0v) is 13.0. The van der Waals surface area contributed by atoms with Gasteiger partial charge >= 0.3 is 0 Å². The SMILES string of the molecule is CC(C)Nc1nnc(-c2ccc(C(C)(C)C)cc2)s1. The maximum absolute atomic E-state index is 4.24. The van der Waals surface area contributed by atoms with Crippen molar-refractivity contribution in [3.63, 3.8) is 0 Å². The maximum Gasteiger partial charge on any atom is 0.206 e. The van der Waals surface area contributed by atoms with Crippen LogP contribution in [0.4, 0.5) is 5.13 Å². The monoisotopic (exact) mass is 275 g/mol. The van der Waals surface area contributed by atoms with Gasteiger partial charge in [-0.05, 0) is 24.8 Å². The second kappa shape index (κ2) is 5.29. The van der Waals surface area contributed by atoms with Gasteiger partial charge in [0.2, 0.25) is 5.13 Å². The smallest absolute Gasteiger partial charge is 0.206 e. The highest BCUT2D eigenvalue weighted by Crippen LogP contribution is 2.29. The lowest BCUT2D eigenvalue weighted by Crippen LogP contribution is -2.10. The molecule has 1 heterocycles. The molecule has 4 heteroatoms. The van der Waals surface area contributed by atoms with Gasteiger partial charge in [-0.3, -0.25) is 0 Å². The summed E-state index contributed by atoms with van der Waals surface area (Å²) in [6, 6.07) is 8.98. The van der Waals surface area contributed by atoms with E-state index < -0.39 is 0 Å². The van der Waals surface area contributed by atoms with E-state index in [0.29, 0.717) is 6.04 Å². The van der Waals surface area contributed by atoms with Crippen LogP contribution in [-0.2, 0) is 5.41 Å². The van der Waals surface area contributed by atoms with E-state index in [1.807, 2.05) is 0 Å². The van der Waals surface area contributed by atoms with Crippen molar-refractivity contribution in [1.82, 2.24) is 10.2 Å². The number of aromatic nitrogens is 2. The first-order chi connectivity index (χ1) is 8.86. The molecule has 0 amide bonds. The molecule has 19 heavy (non-hydrogen) atoms. The van der Waals surface area contributed by atoms with Crippen LogP contribution in [0.15, 0.2) is 24.3 Å². The molecule has 0 saturated heterocycles. The van der Waals surface area contributed by atoms with Crippen LogP contribution >= 0.6 is 11.3 Å². The van der Waals surface area contributed by atoms with Gasteiger partial charge in [-0.15, -0.1) is 10.2 Å². The molecule has 1 aromatic carbocycles. The summed E-state index contributed by atoms with van der Waals surface area (Å²) in [6.07, 6.45) is 0. The van der Waals surface area contributed by atoms with Gasteiger partial charge in [0.1, 0.15) is 5.01 Å². The van der Waals surface area contributed by atoms with Crippen molar-refractivity contribution < 1.29 is 0 Å². The van der Waals surface area contributed by atoms with Crippen LogP contribution in [-0.4, -0.2) is 16.2 Å². The molecule has 2 aromatic rings. The molecule has 102 valence electrons. The lowest BCUT2D eigenvalue weighted by Gasteiger charge is -2.18. The number of hydrogen-bond donors (Lipinski definition) is 1. The van der Waals surface area contributed by atoms with Crippen molar-refractivity contribution in [3.05, 3.63) is 29.8 Å². The van der Waals surface area contributed by atoms with Crippen LogP contribution in [0.2, 0.25) is 0 Å². The third kappa shape index (κ3) is 3.53. The molecule has 0 unspecified atom stereocenters. The number of nitrogens with zero attached hydrogens (tertiary/aromatic N) is 2. The molecule has 0 saturated carbocycles. The predicted octanol–water partition coefficient (Wildman–Crippen LogP) is 4.32. The quantitative estimate of drug-likeness (QED) is 0.906. The van der Waals surface area contributed by atoms with Crippen molar-refractivity contribution in [2.45, 2.75) is 46.1 Å². The first kappa shape index (κ1) is 14.0. The second-order valence-corrected chi connectivity index (χ2v) is 7.02. The molecule has 1 aromatic heterocycles. The molecule has 0 atom stereocenters. The standard InChI is InChI=1S/C15H21N3S/c1-10(2)16-14-18-17-13(19-14)11-6-8-12(9-7-11)15(3,4)5/h6-10H,1-5H3,(H,16,18). The largest absolute Gasteiger partial charge is 0.358 e. The molecule has 0 radical (unpaired) electrons. The van der Waals surface area contributed by atoms with Crippen LogP contribution in [0.5, 0.6) is 0 Å². The lowest BCUT2D eigenvalue weighted by molar-refractivity contribution is 0.590. The molecule has 1 N–H and O–H groups in total. The van der Waals surface area contributed by atoms with E-state index in [1.165, 1.54) is 5.56 Å². The fraction of sp³-hybridized carbons (Fsp3) is 0.467. The highest BCUT2D eigenvalue weighted by atomic mass is 32.1. The van der Waals surface area contributed by atoms with Crippen LogP contribution in [0, 0.1) is 0 Å². The van der Waals surface area contributed by atoms with Crippen LogP contribution < -0.4 is 5.32 Å². The highest BCUT2D eigenvalue weighted by molar-refractivity contribution is 7.18. The summed E-state index contributed by atoms with van der Waals surface area (Å²) >= 11 is 1.59. The van der Waals surface area contributed by atoms with Gasteiger partial charge in [0.25, 0.3) is 0 Å². The Bertz CT molecular complexity index is 535. The van der Waals surface area contributed by atoms with Gasteiger partial charge in [-0.2, -0.15) is 0 Å². The number of hydrogen-bond acceptors (Lipinski definition) is 4. The summed E-state index contributed by atoms with van der Waals surface area (Å²) in [7, 11) is 0. The van der Waals surface area contributed by atoms with E-state index >= 15 is 0 Å². The van der Waals surface area contributed by atoms with E-state index in [2.05, 4.69) is 74.4 Å². The Hall–Kier alpha value is -1.42. The van der Waals surface area contributed by atoms with Crippen molar-refractivity contribution in [1.29, 1.82) is 0 Å². The first-order valence-electron chi connectivity index (χ1n) is 6.57. The summed E-state index contributed by atoms with van der Waals surface area (Å²) in [5.41, 5.74) is 2.65. The third-order valence-corrected chi connectivity index (χ3v) is 3.74. The van der Waals surface area contributed by atoms with Gasteiger partial charge in [0.05, 0.1) is 0 Å². The minimum atomic E-state index is 0.185. The zero-order chi connectivity index (χ0) is 14.0. The predicted molar refractivity (Wildman–Crippen MR) is 82.8 cm³/mol. The van der Waals surface area contributed by atoms with Gasteiger partial charge < -0.3 is 5.32 Å². The Morgan fingerprint density at radius 3 is 2.21 bits per heavy atom. The summed E-state index contributed by atoms with van der Waals surface area (Å²) in [4.78, 5) is 0. The first-order valence-corrected chi connectivity index (χ1v) is 7.39. The fourth-order valence-electron chi connectivity index (χ4n) is 1.76. The Labute approximate surface area is 119 Å². The van der Waals surface area contributed by atoms with Gasteiger partial charge in [0, 0.05) is 11.6 Å². The van der Waals surface area contributed by atoms with Crippen LogP contribution in [0.1, 0.15) is 40.2 Å². The average molecular weight is 275 g/mol. The third-order valence-electron chi connectivity index (χ3n) is 2.84. The summed E-state index contributed by atoms with van der Waals surface area (Å²) in [5, 5.41) is 13.5. The maximum atomic E-state index is 4.24. The van der Waals surface area contributed by atoms with E-state index in [1.54, 1.807) is 11.3 Å². The zero-order valence-electron chi connectivity index (χ0n) is 12.2. The van der Waals surface area contributed by atoms with E-state index in [4.69, 9.17) is 0 Å². The Balaban J connectivity index is 2.20. The van der Waals surface area contributed by atoms with Crippen LogP contribution in [0.25, 0.3) is 10.6 Å². The number of nitrogens with one attached hydrogen (secondary N) is 1. The number of anilines is 1. The normalized spacial score (nSPS) is 11.9. The minimum Gasteiger partial charge on any atom is -0.358 e. The Kier molecular flexibility index (Phi) is 3.90. The molecule has 0 spiro atoms. The summed E-state index contributed by atoms with van der Waals surface area (Å²) in [6.45, 7) is 10.9. The number of rotatable bonds is 3. The molecule has 0 aliphatic rings. The van der Waals surface area contributed by atoms with Crippen molar-refractivity contribution in [2.24, 2.45) is 0 Å². The van der Waals surface area contributed by atoms with E-state index in [-0.39, 0.29) is 5.41 Å². The second-order valence-electron chi connectivity index (χ2n) is 6.04. The average Bonchev–Trinajstić information content (AvgIpc) is 2.75. The topological polar surface area (TPSA) is 37.8 Å². The number of benzene rings is 1. The highest BCUT2D eigenvalue weighted by Gasteiger charge is 2.14. The Morgan fingerprint density at radius 2 is 1.68 bits per heavy atom. The summed E-state index contributed by atoms with van der Waals surface area (Å²) in [5.74, 6) is 0. The lowest BCUT2D eigenvalue weighted by atomic mass is 9.87. The molecule has 0 aliphatic carbocycles. The molecular weight excluding hydrogens is 254 g/mol. The minimum absolute atomic E-state index is 0.185. The molecule has 3 nitrogen and oxygen atoms in total. The fourth-order valence-corrected chi connectivity index (χ4v) is 2.65. The van der Waals surface area contributed by atoms with Gasteiger partial charge in [0.15, 0.2) is 0 Å². The summed E-state index contributed by atoms with van der Waals surface area (Å²) < 4.78 is 0. The van der Waals surface area contributed by atoms with E-state index in [0.717, 1.165) is 15.7 Å². The van der Waals surface area contributed by atoms with Crippen molar-refractivity contribution in [2.75, 3.05) is 5.32 Å².